The first-order valence-corrected chi connectivity index (χ1v) is 4.02. The van der Waals surface area contributed by atoms with Crippen LogP contribution in [-0.2, 0) is 23.7 Å². The molecule has 0 amide bonds. The van der Waals surface area contributed by atoms with Crippen LogP contribution in [0.2, 0.25) is 0 Å². The maximum atomic E-state index is 11.3. The average molecular weight is 190 g/mol. The molecule has 1 aliphatic rings. The molecule has 0 N–H and O–H groups in total. The molecule has 1 fully saturated rings. The Labute approximate surface area is 76.9 Å². The van der Waals surface area contributed by atoms with Crippen LogP contribution in [0, 0.1) is 0 Å². The highest BCUT2D eigenvalue weighted by Crippen LogP contribution is 2.32. The van der Waals surface area contributed by atoms with Gasteiger partial charge in [0.15, 0.2) is 6.29 Å². The average Bonchev–Trinajstić information content (AvgIpc) is 2.61. The minimum atomic E-state index is -1.27. The van der Waals surface area contributed by atoms with E-state index in [1.807, 2.05) is 0 Å². The lowest BCUT2D eigenvalue weighted by Crippen LogP contribution is -2.41. The number of carbonyl (C=O) groups excluding carboxylic acids is 1. The van der Waals surface area contributed by atoms with Gasteiger partial charge >= 0.3 is 5.97 Å². The van der Waals surface area contributed by atoms with Crippen LogP contribution in [0.1, 0.15) is 12.8 Å². The molecule has 0 aliphatic carbocycles. The van der Waals surface area contributed by atoms with Crippen LogP contribution in [0.4, 0.5) is 0 Å². The molecule has 0 aromatic rings. The van der Waals surface area contributed by atoms with Crippen LogP contribution < -0.4 is 0 Å². The minimum Gasteiger partial charge on any atom is -0.465 e. The van der Waals surface area contributed by atoms with E-state index in [0.717, 1.165) is 0 Å². The fraction of sp³-hybridized carbons (Fsp3) is 0.875. The van der Waals surface area contributed by atoms with Gasteiger partial charge in [-0.3, -0.25) is 0 Å². The highest BCUT2D eigenvalue weighted by Gasteiger charge is 2.48. The van der Waals surface area contributed by atoms with Gasteiger partial charge in [0.2, 0.25) is 0 Å². The van der Waals surface area contributed by atoms with E-state index in [9.17, 15) is 4.79 Å². The normalized spacial score (nSPS) is 33.3. The topological polar surface area (TPSA) is 54.0 Å². The molecule has 0 aromatic heterocycles. The summed E-state index contributed by atoms with van der Waals surface area (Å²) < 4.78 is 19.8. The monoisotopic (exact) mass is 190 g/mol. The van der Waals surface area contributed by atoms with Gasteiger partial charge in [-0.25, -0.2) is 4.79 Å². The highest BCUT2D eigenvalue weighted by molar-refractivity contribution is 5.78. The predicted molar refractivity (Wildman–Crippen MR) is 42.9 cm³/mol. The highest BCUT2D eigenvalue weighted by atomic mass is 16.8. The summed E-state index contributed by atoms with van der Waals surface area (Å²) in [5.74, 6) is -1.79. The molecule has 1 rings (SSSR count). The van der Waals surface area contributed by atoms with Crippen LogP contribution in [-0.4, -0.2) is 39.4 Å². The van der Waals surface area contributed by atoms with Crippen LogP contribution in [0.15, 0.2) is 0 Å². The molecule has 76 valence electrons. The molecular formula is C8H14O5. The van der Waals surface area contributed by atoms with Gasteiger partial charge in [0.05, 0.1) is 7.11 Å². The van der Waals surface area contributed by atoms with Crippen molar-refractivity contribution < 1.29 is 23.7 Å². The molecule has 0 spiro atoms. The third kappa shape index (κ3) is 1.82. The quantitative estimate of drug-likeness (QED) is 0.598. The Kier molecular flexibility index (Phi) is 3.24. The van der Waals surface area contributed by atoms with Gasteiger partial charge in [0.25, 0.3) is 5.79 Å². The summed E-state index contributed by atoms with van der Waals surface area (Å²) in [7, 11) is 4.23. The Morgan fingerprint density at radius 1 is 1.46 bits per heavy atom. The molecule has 0 bridgehead atoms. The Balaban J connectivity index is 2.67. The molecule has 0 aromatic carbocycles. The fourth-order valence-corrected chi connectivity index (χ4v) is 1.34. The van der Waals surface area contributed by atoms with Gasteiger partial charge in [0, 0.05) is 27.1 Å². The number of hydrogen-bond acceptors (Lipinski definition) is 5. The molecular weight excluding hydrogens is 176 g/mol. The zero-order chi connectivity index (χ0) is 9.90. The maximum absolute atomic E-state index is 11.3. The van der Waals surface area contributed by atoms with Crippen molar-refractivity contribution in [1.82, 2.24) is 0 Å². The summed E-state index contributed by atoms with van der Waals surface area (Å²) in [5.41, 5.74) is 0. The predicted octanol–water partition coefficient (Wildman–Crippen LogP) is 0.285. The van der Waals surface area contributed by atoms with E-state index in [4.69, 9.17) is 14.2 Å². The second-order valence-electron chi connectivity index (χ2n) is 2.77. The van der Waals surface area contributed by atoms with Gasteiger partial charge in [-0.1, -0.05) is 0 Å². The van der Waals surface area contributed by atoms with Crippen molar-refractivity contribution >= 4 is 5.97 Å². The molecule has 13 heavy (non-hydrogen) atoms. The van der Waals surface area contributed by atoms with Crippen molar-refractivity contribution in [2.24, 2.45) is 0 Å². The van der Waals surface area contributed by atoms with Gasteiger partial charge in [0.1, 0.15) is 0 Å². The Bertz CT molecular complexity index is 193. The van der Waals surface area contributed by atoms with Crippen LogP contribution in [0.3, 0.4) is 0 Å². The van der Waals surface area contributed by atoms with E-state index in [0.29, 0.717) is 12.8 Å². The molecule has 1 heterocycles. The Hall–Kier alpha value is -0.650. The summed E-state index contributed by atoms with van der Waals surface area (Å²) in [6.07, 6.45) is 0.688. The SMILES string of the molecule is COC(=O)[C@]1(OC)CC[C@@H](OC)O1. The lowest BCUT2D eigenvalue weighted by atomic mass is 10.2. The van der Waals surface area contributed by atoms with Crippen LogP contribution in [0.25, 0.3) is 0 Å². The second kappa shape index (κ2) is 4.04. The van der Waals surface area contributed by atoms with Crippen molar-refractivity contribution in [2.45, 2.75) is 24.9 Å². The first-order valence-electron chi connectivity index (χ1n) is 4.02. The molecule has 5 nitrogen and oxygen atoms in total. The third-order valence-corrected chi connectivity index (χ3v) is 2.12. The number of ether oxygens (including phenoxy) is 4. The molecule has 5 heteroatoms. The van der Waals surface area contributed by atoms with E-state index in [1.165, 1.54) is 21.3 Å². The number of carbonyl (C=O) groups is 1. The summed E-state index contributed by atoms with van der Waals surface area (Å²) >= 11 is 0. The van der Waals surface area contributed by atoms with E-state index in [2.05, 4.69) is 4.74 Å². The summed E-state index contributed by atoms with van der Waals surface area (Å²) in [6, 6.07) is 0. The number of rotatable bonds is 3. The molecule has 2 atom stereocenters. The van der Waals surface area contributed by atoms with Crippen LogP contribution in [0.5, 0.6) is 0 Å². The lowest BCUT2D eigenvalue weighted by Gasteiger charge is -2.23. The van der Waals surface area contributed by atoms with Gasteiger partial charge in [-0.05, 0) is 0 Å². The lowest BCUT2D eigenvalue weighted by molar-refractivity contribution is -0.259. The molecule has 0 radical (unpaired) electrons. The molecule has 1 aliphatic heterocycles. The number of esters is 1. The van der Waals surface area contributed by atoms with Gasteiger partial charge < -0.3 is 18.9 Å². The molecule has 0 saturated carbocycles. The van der Waals surface area contributed by atoms with E-state index in [1.54, 1.807) is 0 Å². The largest absolute Gasteiger partial charge is 0.465 e. The summed E-state index contributed by atoms with van der Waals surface area (Å²) in [5, 5.41) is 0. The number of hydrogen-bond donors (Lipinski definition) is 0. The zero-order valence-corrected chi connectivity index (χ0v) is 8.03. The summed E-state index contributed by atoms with van der Waals surface area (Å²) in [4.78, 5) is 11.3. The van der Waals surface area contributed by atoms with Crippen LogP contribution >= 0.6 is 0 Å². The third-order valence-electron chi connectivity index (χ3n) is 2.12. The Morgan fingerprint density at radius 2 is 2.15 bits per heavy atom. The van der Waals surface area contributed by atoms with Gasteiger partial charge in [-0.15, -0.1) is 0 Å². The van der Waals surface area contributed by atoms with Crippen molar-refractivity contribution in [3.63, 3.8) is 0 Å². The fourth-order valence-electron chi connectivity index (χ4n) is 1.34. The molecule has 1 saturated heterocycles. The van der Waals surface area contributed by atoms with Gasteiger partial charge in [-0.2, -0.15) is 0 Å². The van der Waals surface area contributed by atoms with E-state index < -0.39 is 11.8 Å². The second-order valence-corrected chi connectivity index (χ2v) is 2.77. The number of methoxy groups -OCH3 is 3. The minimum absolute atomic E-state index is 0.390. The summed E-state index contributed by atoms with van der Waals surface area (Å²) in [6.45, 7) is 0. The standard InChI is InChI=1S/C8H14O5/c1-10-6-4-5-8(12-3,13-6)7(9)11-2/h6H,4-5H2,1-3H3/t6-,8-/m0/s1. The van der Waals surface area contributed by atoms with E-state index in [-0.39, 0.29) is 6.29 Å². The Morgan fingerprint density at radius 3 is 2.54 bits per heavy atom. The molecule has 0 unspecified atom stereocenters. The smallest absolute Gasteiger partial charge is 0.366 e. The van der Waals surface area contributed by atoms with Crippen molar-refractivity contribution in [3.8, 4) is 0 Å². The van der Waals surface area contributed by atoms with Crippen molar-refractivity contribution in [2.75, 3.05) is 21.3 Å². The van der Waals surface area contributed by atoms with E-state index >= 15 is 0 Å². The first-order chi connectivity index (χ1) is 6.18. The van der Waals surface area contributed by atoms with Crippen molar-refractivity contribution in [1.29, 1.82) is 0 Å². The zero-order valence-electron chi connectivity index (χ0n) is 8.03. The van der Waals surface area contributed by atoms with Crippen molar-refractivity contribution in [3.05, 3.63) is 0 Å². The first kappa shape index (κ1) is 10.4. The maximum Gasteiger partial charge on any atom is 0.366 e.